The number of phenols is 1. The summed E-state index contributed by atoms with van der Waals surface area (Å²) in [6.07, 6.45) is -0.282. The highest BCUT2D eigenvalue weighted by Crippen LogP contribution is 2.38. The van der Waals surface area contributed by atoms with E-state index < -0.39 is 28.7 Å². The minimum Gasteiger partial charge on any atom is -0.507 e. The van der Waals surface area contributed by atoms with Gasteiger partial charge in [-0.15, -0.1) is 0 Å². The summed E-state index contributed by atoms with van der Waals surface area (Å²) < 4.78 is 5.91. The minimum absolute atomic E-state index is 0.0678. The molecule has 0 amide bonds. The molecule has 1 aromatic heterocycles. The van der Waals surface area contributed by atoms with Crippen LogP contribution in [0.25, 0.3) is 11.0 Å². The average molecular weight is 422 g/mol. The third kappa shape index (κ3) is 3.26. The highest BCUT2D eigenvalue weighted by molar-refractivity contribution is 6.32. The monoisotopic (exact) mass is 422 g/mol. The molecule has 0 saturated carbocycles. The van der Waals surface area contributed by atoms with Gasteiger partial charge in [0.25, 0.3) is 0 Å². The van der Waals surface area contributed by atoms with Gasteiger partial charge in [0.1, 0.15) is 22.7 Å². The second-order valence-electron chi connectivity index (χ2n) is 8.31. The lowest BCUT2D eigenvalue weighted by Crippen LogP contribution is -2.26. The molecule has 0 radical (unpaired) electrons. The number of rotatable bonds is 4. The van der Waals surface area contributed by atoms with Gasteiger partial charge in [0.05, 0.1) is 22.6 Å². The highest BCUT2D eigenvalue weighted by Gasteiger charge is 2.36. The fourth-order valence-electron chi connectivity index (χ4n) is 4.05. The molecule has 3 aromatic rings. The van der Waals surface area contributed by atoms with Crippen molar-refractivity contribution in [3.8, 4) is 5.75 Å². The van der Waals surface area contributed by atoms with Gasteiger partial charge in [-0.3, -0.25) is 14.4 Å². The molecule has 0 bridgehead atoms. The van der Waals surface area contributed by atoms with Crippen molar-refractivity contribution < 1.29 is 29.3 Å². The molecule has 31 heavy (non-hydrogen) atoms. The number of ketones is 2. The zero-order chi connectivity index (χ0) is 22.7. The third-order valence-electron chi connectivity index (χ3n) is 5.76. The molecule has 1 heterocycles. The number of phenolic OH excluding ortho intramolecular Hbond substituents is 1. The molecule has 3 N–H and O–H groups in total. The van der Waals surface area contributed by atoms with Crippen molar-refractivity contribution in [2.45, 2.75) is 45.3 Å². The second-order valence-corrected chi connectivity index (χ2v) is 8.31. The number of benzene rings is 2. The Hall–Kier alpha value is -3.29. The summed E-state index contributed by atoms with van der Waals surface area (Å²) >= 11 is 0. The minimum atomic E-state index is -1.58. The number of hydrogen-bond acceptors (Lipinski definition) is 7. The van der Waals surface area contributed by atoms with Gasteiger partial charge in [-0.25, -0.2) is 0 Å². The smallest absolute Gasteiger partial charge is 0.202 e. The van der Waals surface area contributed by atoms with E-state index in [1.165, 1.54) is 37.3 Å². The molecule has 1 aliphatic rings. The topological polar surface area (TPSA) is 125 Å². The Morgan fingerprint density at radius 3 is 2.45 bits per heavy atom. The zero-order valence-corrected chi connectivity index (χ0v) is 17.4. The molecule has 160 valence electrons. The fraction of sp³-hybridized carbons (Fsp3) is 0.292. The van der Waals surface area contributed by atoms with Gasteiger partial charge < -0.3 is 19.7 Å². The first-order valence-electron chi connectivity index (χ1n) is 9.96. The molecule has 0 aliphatic heterocycles. The number of hydrogen-bond donors (Lipinski definition) is 3. The lowest BCUT2D eigenvalue weighted by molar-refractivity contribution is 0.0120. The lowest BCUT2D eigenvalue weighted by atomic mass is 9.81. The van der Waals surface area contributed by atoms with Crippen LogP contribution in [0.1, 0.15) is 69.9 Å². The number of aliphatic hydroxyl groups is 2. The largest absolute Gasteiger partial charge is 0.507 e. The van der Waals surface area contributed by atoms with Crippen molar-refractivity contribution in [1.29, 1.82) is 0 Å². The fourth-order valence-corrected chi connectivity index (χ4v) is 4.05. The predicted molar refractivity (Wildman–Crippen MR) is 113 cm³/mol. The quantitative estimate of drug-likeness (QED) is 0.462. The van der Waals surface area contributed by atoms with Crippen molar-refractivity contribution in [3.63, 3.8) is 0 Å². The summed E-state index contributed by atoms with van der Waals surface area (Å²) in [6, 6.07) is 6.91. The molecule has 2 atom stereocenters. The Kier molecular flexibility index (Phi) is 4.83. The maximum absolute atomic E-state index is 13.3. The summed E-state index contributed by atoms with van der Waals surface area (Å²) in [5, 5.41) is 30.8. The standard InChI is InChI=1S/C24H22O7/c1-11-9-14-20(22(29)19-13(21(14)28)5-4-6-15(19)26)23-18(11)16(27)10-17(31-23)24(3,30)8-7-12(2)25/h4-6,9-10,12,25-26,30H,7-8H2,1-3H3/t12-,24-/m0/s1. The maximum Gasteiger partial charge on any atom is 0.202 e. The first-order chi connectivity index (χ1) is 14.5. The van der Waals surface area contributed by atoms with Crippen LogP contribution in [0, 0.1) is 6.92 Å². The molecular formula is C24H22O7. The Balaban J connectivity index is 2.02. The Morgan fingerprint density at radius 2 is 1.77 bits per heavy atom. The third-order valence-corrected chi connectivity index (χ3v) is 5.76. The summed E-state index contributed by atoms with van der Waals surface area (Å²) in [5.41, 5.74) is -1.76. The van der Waals surface area contributed by atoms with Gasteiger partial charge in [0.15, 0.2) is 11.2 Å². The molecule has 2 aromatic carbocycles. The van der Waals surface area contributed by atoms with E-state index in [2.05, 4.69) is 0 Å². The van der Waals surface area contributed by atoms with Crippen LogP contribution >= 0.6 is 0 Å². The van der Waals surface area contributed by atoms with Crippen molar-refractivity contribution >= 4 is 22.5 Å². The van der Waals surface area contributed by atoms with Crippen LogP contribution in [-0.4, -0.2) is 33.0 Å². The van der Waals surface area contributed by atoms with E-state index >= 15 is 0 Å². The van der Waals surface area contributed by atoms with Crippen molar-refractivity contribution in [3.05, 3.63) is 74.1 Å². The van der Waals surface area contributed by atoms with E-state index in [0.29, 0.717) is 5.56 Å². The summed E-state index contributed by atoms with van der Waals surface area (Å²) in [5.74, 6) is -1.49. The Bertz CT molecular complexity index is 1310. The number of fused-ring (bicyclic) bond motifs is 4. The van der Waals surface area contributed by atoms with Crippen molar-refractivity contribution in [2.24, 2.45) is 0 Å². The number of aryl methyl sites for hydroxylation is 1. The van der Waals surface area contributed by atoms with Gasteiger partial charge >= 0.3 is 0 Å². The van der Waals surface area contributed by atoms with E-state index in [9.17, 15) is 29.7 Å². The Labute approximate surface area is 177 Å². The van der Waals surface area contributed by atoms with E-state index in [-0.39, 0.29) is 57.6 Å². The van der Waals surface area contributed by atoms with Gasteiger partial charge in [0.2, 0.25) is 5.78 Å². The van der Waals surface area contributed by atoms with E-state index in [1.54, 1.807) is 13.8 Å². The second kappa shape index (κ2) is 7.14. The molecule has 0 spiro atoms. The SMILES string of the molecule is Cc1cc2c(c3oc([C@@](C)(O)CC[C@H](C)O)cc(=O)c13)C(=O)c1c(O)cccc1C2=O. The molecule has 0 unspecified atom stereocenters. The van der Waals surface area contributed by atoms with Crippen LogP contribution in [0.5, 0.6) is 5.75 Å². The van der Waals surface area contributed by atoms with Crippen LogP contribution in [0.3, 0.4) is 0 Å². The van der Waals surface area contributed by atoms with Crippen molar-refractivity contribution in [1.82, 2.24) is 0 Å². The predicted octanol–water partition coefficient (Wildman–Crippen LogP) is 2.95. The summed E-state index contributed by atoms with van der Waals surface area (Å²) in [4.78, 5) is 39.3. The first-order valence-corrected chi connectivity index (χ1v) is 9.96. The summed E-state index contributed by atoms with van der Waals surface area (Å²) in [7, 11) is 0. The Morgan fingerprint density at radius 1 is 1.06 bits per heavy atom. The van der Waals surface area contributed by atoms with Gasteiger partial charge in [-0.05, 0) is 51.3 Å². The number of aromatic hydroxyl groups is 1. The van der Waals surface area contributed by atoms with E-state index in [0.717, 1.165) is 0 Å². The van der Waals surface area contributed by atoms with Crippen molar-refractivity contribution in [2.75, 3.05) is 0 Å². The molecule has 7 heteroatoms. The van der Waals surface area contributed by atoms with Crippen LogP contribution in [0.4, 0.5) is 0 Å². The van der Waals surface area contributed by atoms with Crippen LogP contribution in [0.15, 0.2) is 39.5 Å². The van der Waals surface area contributed by atoms with E-state index in [1.807, 2.05) is 0 Å². The first kappa shape index (κ1) is 21.0. The molecule has 0 fully saturated rings. The number of aliphatic hydroxyl groups excluding tert-OH is 1. The zero-order valence-electron chi connectivity index (χ0n) is 17.4. The molecule has 7 nitrogen and oxygen atoms in total. The van der Waals surface area contributed by atoms with Gasteiger partial charge in [-0.1, -0.05) is 12.1 Å². The normalized spacial score (nSPS) is 16.0. The molecule has 1 aliphatic carbocycles. The molecular weight excluding hydrogens is 400 g/mol. The number of carbonyl (C=O) groups excluding carboxylic acids is 2. The van der Waals surface area contributed by atoms with Crippen LogP contribution < -0.4 is 5.43 Å². The van der Waals surface area contributed by atoms with Crippen LogP contribution in [-0.2, 0) is 5.60 Å². The van der Waals surface area contributed by atoms with Crippen LogP contribution in [0.2, 0.25) is 0 Å². The lowest BCUT2D eigenvalue weighted by Gasteiger charge is -2.24. The van der Waals surface area contributed by atoms with Gasteiger partial charge in [-0.2, -0.15) is 0 Å². The molecule has 4 rings (SSSR count). The molecule has 0 saturated heterocycles. The summed E-state index contributed by atoms with van der Waals surface area (Å²) in [6.45, 7) is 4.68. The maximum atomic E-state index is 13.3. The van der Waals surface area contributed by atoms with E-state index in [4.69, 9.17) is 4.42 Å². The van der Waals surface area contributed by atoms with Gasteiger partial charge in [0, 0.05) is 17.2 Å². The number of carbonyl (C=O) groups is 2. The average Bonchev–Trinajstić information content (AvgIpc) is 2.69. The highest BCUT2D eigenvalue weighted by atomic mass is 16.4.